The predicted molar refractivity (Wildman–Crippen MR) is 143 cm³/mol. The molecule has 1 atom stereocenters. The number of rotatable bonds is 4. The summed E-state index contributed by atoms with van der Waals surface area (Å²) in [6.45, 7) is 8.47. The Balaban J connectivity index is 1.51. The van der Waals surface area contributed by atoms with E-state index in [1.807, 2.05) is 11.9 Å². The fourth-order valence-corrected chi connectivity index (χ4v) is 6.43. The number of nitrogens with zero attached hydrogens (tertiary/aromatic N) is 5. The Labute approximate surface area is 228 Å². The highest BCUT2D eigenvalue weighted by atomic mass is 35.5. The third-order valence-corrected chi connectivity index (χ3v) is 8.23. The molecule has 0 radical (unpaired) electrons. The van der Waals surface area contributed by atoms with Crippen molar-refractivity contribution in [2.45, 2.75) is 37.9 Å². The second-order valence-electron chi connectivity index (χ2n) is 10.6. The first-order chi connectivity index (χ1) is 18.5. The summed E-state index contributed by atoms with van der Waals surface area (Å²) in [5.41, 5.74) is 5.93. The molecule has 3 aromatic rings. The van der Waals surface area contributed by atoms with E-state index < -0.39 is 11.7 Å². The van der Waals surface area contributed by atoms with Crippen LogP contribution >= 0.6 is 11.6 Å². The van der Waals surface area contributed by atoms with Crippen LogP contribution in [0, 0.1) is 6.92 Å². The molecule has 1 aromatic carbocycles. The maximum atomic E-state index is 14.2. The number of benzene rings is 1. The van der Waals surface area contributed by atoms with Crippen LogP contribution in [0.3, 0.4) is 0 Å². The highest BCUT2D eigenvalue weighted by Gasteiger charge is 2.46. The molecule has 8 nitrogen and oxygen atoms in total. The average Bonchev–Trinajstić information content (AvgIpc) is 3.31. The van der Waals surface area contributed by atoms with Gasteiger partial charge in [-0.25, -0.2) is 4.98 Å². The van der Waals surface area contributed by atoms with E-state index in [4.69, 9.17) is 26.8 Å². The summed E-state index contributed by atoms with van der Waals surface area (Å²) in [7, 11) is 1.86. The summed E-state index contributed by atoms with van der Waals surface area (Å²) >= 11 is 6.74. The zero-order valence-electron chi connectivity index (χ0n) is 21.7. The summed E-state index contributed by atoms with van der Waals surface area (Å²) in [6.07, 6.45) is -1.76. The van der Waals surface area contributed by atoms with Gasteiger partial charge in [0, 0.05) is 19.2 Å². The van der Waals surface area contributed by atoms with Crippen LogP contribution in [0.5, 0.6) is 11.8 Å². The minimum atomic E-state index is -4.68. The van der Waals surface area contributed by atoms with E-state index in [9.17, 15) is 13.2 Å². The number of hydrogen-bond acceptors (Lipinski definition) is 8. The molecule has 3 aliphatic rings. The van der Waals surface area contributed by atoms with E-state index in [2.05, 4.69) is 26.4 Å². The topological polar surface area (TPSA) is 89.6 Å². The lowest BCUT2D eigenvalue weighted by Crippen LogP contribution is -2.43. The highest BCUT2D eigenvalue weighted by Crippen LogP contribution is 2.48. The summed E-state index contributed by atoms with van der Waals surface area (Å²) in [4.78, 5) is 17.7. The maximum absolute atomic E-state index is 14.2. The van der Waals surface area contributed by atoms with Crippen molar-refractivity contribution in [3.8, 4) is 23.0 Å². The van der Waals surface area contributed by atoms with Crippen LogP contribution < -0.4 is 20.1 Å². The number of pyridine rings is 1. The zero-order valence-corrected chi connectivity index (χ0v) is 22.4. The Bertz CT molecular complexity index is 1510. The number of aryl methyl sites for hydroxylation is 1. The Hall–Kier alpha value is -3.31. The van der Waals surface area contributed by atoms with Crippen LogP contribution in [0.25, 0.3) is 22.2 Å². The van der Waals surface area contributed by atoms with Crippen molar-refractivity contribution in [1.82, 2.24) is 19.9 Å². The number of anilines is 2. The average molecular weight is 561 g/mol. The summed E-state index contributed by atoms with van der Waals surface area (Å²) in [6, 6.07) is 2.81. The molecule has 0 unspecified atom stereocenters. The number of ether oxygens (including phenoxy) is 2. The van der Waals surface area contributed by atoms with E-state index in [0.717, 1.165) is 32.4 Å². The van der Waals surface area contributed by atoms with Gasteiger partial charge in [0.05, 0.1) is 39.3 Å². The van der Waals surface area contributed by atoms with Gasteiger partial charge in [0.15, 0.2) is 5.75 Å². The van der Waals surface area contributed by atoms with Gasteiger partial charge in [-0.2, -0.15) is 23.1 Å². The molecule has 0 aliphatic carbocycles. The third kappa shape index (κ3) is 4.31. The molecule has 2 fully saturated rings. The molecular weight excluding hydrogens is 533 g/mol. The van der Waals surface area contributed by atoms with Crippen LogP contribution in [0.4, 0.5) is 24.8 Å². The monoisotopic (exact) mass is 560 g/mol. The van der Waals surface area contributed by atoms with Crippen molar-refractivity contribution in [3.05, 3.63) is 40.4 Å². The lowest BCUT2D eigenvalue weighted by Gasteiger charge is -2.31. The van der Waals surface area contributed by atoms with Crippen molar-refractivity contribution in [2.24, 2.45) is 0 Å². The van der Waals surface area contributed by atoms with E-state index in [1.165, 1.54) is 24.6 Å². The van der Waals surface area contributed by atoms with Crippen LogP contribution in [-0.2, 0) is 6.18 Å². The number of fused-ring (bicyclic) bond motifs is 1. The first-order valence-electron chi connectivity index (χ1n) is 12.7. The smallest absolute Gasteiger partial charge is 0.418 e. The molecule has 12 heteroatoms. The number of likely N-dealkylation sites (N-methyl/N-ethyl adjacent to an activating group) is 1. The lowest BCUT2D eigenvalue weighted by atomic mass is 9.94. The Kier molecular flexibility index (Phi) is 6.07. The van der Waals surface area contributed by atoms with Crippen molar-refractivity contribution < 1.29 is 22.6 Å². The highest BCUT2D eigenvalue weighted by molar-refractivity contribution is 6.36. The molecule has 3 aliphatic heterocycles. The number of hydrogen-bond donors (Lipinski definition) is 1. The molecule has 0 amide bonds. The van der Waals surface area contributed by atoms with Crippen molar-refractivity contribution in [1.29, 1.82) is 0 Å². The fourth-order valence-electron chi connectivity index (χ4n) is 6.14. The second kappa shape index (κ2) is 9.12. The SMILES string of the molecule is C=C1CN2CCC[C@@]2(COc2nc3c4c(c(Cl)c(-c5nc(N)cc(C)c5C(F)(F)F)cc4n2)OCCN3C)C1. The second-order valence-corrected chi connectivity index (χ2v) is 11.0. The molecule has 206 valence electrons. The number of aromatic nitrogens is 3. The van der Waals surface area contributed by atoms with Crippen LogP contribution in [0.1, 0.15) is 30.4 Å². The van der Waals surface area contributed by atoms with Gasteiger partial charge in [-0.05, 0) is 50.4 Å². The van der Waals surface area contributed by atoms with Crippen LogP contribution in [0.15, 0.2) is 24.3 Å². The molecule has 0 saturated carbocycles. The molecule has 39 heavy (non-hydrogen) atoms. The number of nitrogen functional groups attached to an aromatic ring is 1. The molecule has 2 saturated heterocycles. The Morgan fingerprint density at radius 1 is 1.23 bits per heavy atom. The fraction of sp³-hybridized carbons (Fsp3) is 0.444. The summed E-state index contributed by atoms with van der Waals surface area (Å²) in [5.74, 6) is 0.683. The first-order valence-corrected chi connectivity index (χ1v) is 13.1. The van der Waals surface area contributed by atoms with E-state index in [1.54, 1.807) is 0 Å². The maximum Gasteiger partial charge on any atom is 0.418 e. The number of alkyl halides is 3. The largest absolute Gasteiger partial charge is 0.489 e. The Morgan fingerprint density at radius 2 is 2.03 bits per heavy atom. The van der Waals surface area contributed by atoms with Gasteiger partial charge in [-0.3, -0.25) is 4.90 Å². The third-order valence-electron chi connectivity index (χ3n) is 7.86. The van der Waals surface area contributed by atoms with E-state index in [0.29, 0.717) is 29.9 Å². The minimum Gasteiger partial charge on any atom is -0.489 e. The predicted octanol–water partition coefficient (Wildman–Crippen LogP) is 5.26. The molecular formula is C27H28ClF3N6O2. The van der Waals surface area contributed by atoms with Crippen molar-refractivity contribution in [3.63, 3.8) is 0 Å². The van der Waals surface area contributed by atoms with Crippen molar-refractivity contribution >= 4 is 34.1 Å². The van der Waals surface area contributed by atoms with Crippen molar-refractivity contribution in [2.75, 3.05) is 50.5 Å². The molecule has 0 bridgehead atoms. The van der Waals surface area contributed by atoms with Gasteiger partial charge in [0.1, 0.15) is 24.8 Å². The van der Waals surface area contributed by atoms with Gasteiger partial charge in [-0.1, -0.05) is 23.8 Å². The molecule has 6 rings (SSSR count). The molecule has 2 N–H and O–H groups in total. The van der Waals surface area contributed by atoms with Gasteiger partial charge >= 0.3 is 12.2 Å². The summed E-state index contributed by atoms with van der Waals surface area (Å²) in [5, 5.41) is 0.490. The summed E-state index contributed by atoms with van der Waals surface area (Å²) < 4.78 is 54.7. The normalized spacial score (nSPS) is 21.3. The van der Waals surface area contributed by atoms with Gasteiger partial charge in [-0.15, -0.1) is 0 Å². The van der Waals surface area contributed by atoms with Gasteiger partial charge in [0.2, 0.25) is 0 Å². The van der Waals surface area contributed by atoms with Crippen LogP contribution in [-0.4, -0.2) is 65.3 Å². The molecule has 5 heterocycles. The lowest BCUT2D eigenvalue weighted by molar-refractivity contribution is -0.137. The Morgan fingerprint density at radius 3 is 2.79 bits per heavy atom. The van der Waals surface area contributed by atoms with Crippen LogP contribution in [0.2, 0.25) is 5.02 Å². The number of nitrogens with two attached hydrogens (primary N) is 1. The van der Waals surface area contributed by atoms with E-state index >= 15 is 0 Å². The quantitative estimate of drug-likeness (QED) is 0.432. The number of halogens is 4. The van der Waals surface area contributed by atoms with Gasteiger partial charge in [0.25, 0.3) is 0 Å². The zero-order chi connectivity index (χ0) is 27.7. The molecule has 0 spiro atoms. The van der Waals surface area contributed by atoms with Gasteiger partial charge < -0.3 is 20.1 Å². The van der Waals surface area contributed by atoms with E-state index in [-0.39, 0.29) is 51.6 Å². The first kappa shape index (κ1) is 25.9. The minimum absolute atomic E-state index is 0.00993. The molecule has 2 aromatic heterocycles. The standard InChI is InChI=1S/C27H28ClF3N6O2/c1-14-11-26(5-4-6-37(26)12-14)13-39-25-33-17-10-16(22-20(27(29,30)31)15(2)9-18(32)34-22)21(28)23-19(17)24(35-25)36(3)7-8-38-23/h9-10H,1,4-8,11-13H2,2-3H3,(H2,32,34)/t26-/m0/s1.